The second-order valence-electron chi connectivity index (χ2n) is 5.35. The minimum atomic E-state index is -0.137. The first-order valence-corrected chi connectivity index (χ1v) is 7.31. The first kappa shape index (κ1) is 16.0. The van der Waals surface area contributed by atoms with E-state index in [0.717, 1.165) is 12.8 Å². The van der Waals surface area contributed by atoms with Crippen molar-refractivity contribution in [2.75, 3.05) is 27.2 Å². The third-order valence-electron chi connectivity index (χ3n) is 3.73. The van der Waals surface area contributed by atoms with Gasteiger partial charge in [-0.15, -0.1) is 0 Å². The van der Waals surface area contributed by atoms with E-state index in [0.29, 0.717) is 12.6 Å². The molecule has 0 aromatic heterocycles. The maximum atomic E-state index is 11.9. The van der Waals surface area contributed by atoms with Gasteiger partial charge in [0.1, 0.15) is 0 Å². The van der Waals surface area contributed by atoms with E-state index in [9.17, 15) is 9.59 Å². The monoisotopic (exact) mass is 269 g/mol. The van der Waals surface area contributed by atoms with Crippen molar-refractivity contribution >= 4 is 11.8 Å². The van der Waals surface area contributed by atoms with Gasteiger partial charge in [-0.25, -0.2) is 0 Å². The van der Waals surface area contributed by atoms with Crippen molar-refractivity contribution in [3.8, 4) is 0 Å². The summed E-state index contributed by atoms with van der Waals surface area (Å²) in [5.41, 5.74) is 0. The topological polar surface area (TPSA) is 61.4 Å². The molecule has 1 saturated carbocycles. The van der Waals surface area contributed by atoms with Crippen molar-refractivity contribution in [2.24, 2.45) is 0 Å². The predicted octanol–water partition coefficient (Wildman–Crippen LogP) is 0.893. The molecule has 2 amide bonds. The SMILES string of the molecule is CNC(=O)CN(C)C(=O)CNC1CCCCCCC1. The average Bonchev–Trinajstić information content (AvgIpc) is 2.36. The normalized spacial score (nSPS) is 17.4. The Labute approximate surface area is 116 Å². The summed E-state index contributed by atoms with van der Waals surface area (Å²) in [6.45, 7) is 0.458. The Morgan fingerprint density at radius 3 is 2.26 bits per heavy atom. The number of likely N-dealkylation sites (N-methyl/N-ethyl adjacent to an activating group) is 2. The first-order chi connectivity index (χ1) is 9.13. The van der Waals surface area contributed by atoms with Crippen LogP contribution in [0, 0.1) is 0 Å². The Kier molecular flexibility index (Phi) is 7.48. The van der Waals surface area contributed by atoms with E-state index >= 15 is 0 Å². The molecule has 1 aliphatic carbocycles. The van der Waals surface area contributed by atoms with Crippen LogP contribution in [-0.4, -0.2) is 49.9 Å². The quantitative estimate of drug-likeness (QED) is 0.779. The average molecular weight is 269 g/mol. The van der Waals surface area contributed by atoms with E-state index in [2.05, 4.69) is 10.6 Å². The highest BCUT2D eigenvalue weighted by molar-refractivity contribution is 5.85. The summed E-state index contributed by atoms with van der Waals surface area (Å²) in [7, 11) is 3.24. The van der Waals surface area contributed by atoms with Crippen LogP contribution in [0.1, 0.15) is 44.9 Å². The summed E-state index contributed by atoms with van der Waals surface area (Å²) in [6, 6.07) is 0.456. The highest BCUT2D eigenvalue weighted by Crippen LogP contribution is 2.16. The summed E-state index contributed by atoms with van der Waals surface area (Å²) >= 11 is 0. The van der Waals surface area contributed by atoms with Gasteiger partial charge in [-0.1, -0.05) is 32.1 Å². The molecule has 1 rings (SSSR count). The summed E-state index contributed by atoms with van der Waals surface area (Å²) in [5.74, 6) is -0.160. The van der Waals surface area contributed by atoms with Gasteiger partial charge >= 0.3 is 0 Å². The van der Waals surface area contributed by atoms with Gasteiger partial charge in [0.2, 0.25) is 11.8 Å². The number of hydrogen-bond donors (Lipinski definition) is 2. The van der Waals surface area contributed by atoms with Crippen LogP contribution in [0.15, 0.2) is 0 Å². The number of rotatable bonds is 5. The number of carbonyl (C=O) groups is 2. The fourth-order valence-corrected chi connectivity index (χ4v) is 2.41. The van der Waals surface area contributed by atoms with Crippen molar-refractivity contribution in [3.05, 3.63) is 0 Å². The zero-order valence-corrected chi connectivity index (χ0v) is 12.2. The highest BCUT2D eigenvalue weighted by Gasteiger charge is 2.15. The van der Waals surface area contributed by atoms with E-state index < -0.39 is 0 Å². The number of nitrogens with zero attached hydrogens (tertiary/aromatic N) is 1. The van der Waals surface area contributed by atoms with Crippen LogP contribution in [0.25, 0.3) is 0 Å². The molecule has 0 atom stereocenters. The molecule has 1 fully saturated rings. The summed E-state index contributed by atoms with van der Waals surface area (Å²) in [6.07, 6.45) is 8.78. The van der Waals surface area contributed by atoms with Gasteiger partial charge in [0.05, 0.1) is 13.1 Å². The van der Waals surface area contributed by atoms with Gasteiger partial charge in [0.15, 0.2) is 0 Å². The van der Waals surface area contributed by atoms with E-state index in [4.69, 9.17) is 0 Å². The Bertz CT molecular complexity index is 286. The van der Waals surface area contributed by atoms with Gasteiger partial charge in [-0.2, -0.15) is 0 Å². The maximum absolute atomic E-state index is 11.9. The van der Waals surface area contributed by atoms with E-state index in [1.54, 1.807) is 14.1 Å². The maximum Gasteiger partial charge on any atom is 0.239 e. The highest BCUT2D eigenvalue weighted by atomic mass is 16.2. The molecule has 0 aromatic rings. The standard InChI is InChI=1S/C14H27N3O2/c1-15-13(18)11-17(2)14(19)10-16-12-8-6-4-3-5-7-9-12/h12,16H,3-11H2,1-2H3,(H,15,18). The van der Waals surface area contributed by atoms with Crippen LogP contribution in [0.4, 0.5) is 0 Å². The van der Waals surface area contributed by atoms with E-state index in [-0.39, 0.29) is 18.4 Å². The molecule has 5 nitrogen and oxygen atoms in total. The van der Waals surface area contributed by atoms with Crippen molar-refractivity contribution in [3.63, 3.8) is 0 Å². The third kappa shape index (κ3) is 6.57. The van der Waals surface area contributed by atoms with E-state index in [1.807, 2.05) is 0 Å². The molecular formula is C14H27N3O2. The molecule has 0 heterocycles. The molecule has 0 unspecified atom stereocenters. The summed E-state index contributed by atoms with van der Waals surface area (Å²) in [4.78, 5) is 24.5. The first-order valence-electron chi connectivity index (χ1n) is 7.31. The Hall–Kier alpha value is -1.10. The molecule has 0 saturated heterocycles. The molecule has 2 N–H and O–H groups in total. The van der Waals surface area contributed by atoms with Crippen molar-refractivity contribution in [1.29, 1.82) is 0 Å². The molecule has 0 bridgehead atoms. The minimum Gasteiger partial charge on any atom is -0.358 e. The van der Waals surface area contributed by atoms with Crippen LogP contribution in [0.2, 0.25) is 0 Å². The molecule has 5 heteroatoms. The Morgan fingerprint density at radius 1 is 1.11 bits per heavy atom. The van der Waals surface area contributed by atoms with Crippen LogP contribution in [0.3, 0.4) is 0 Å². The lowest BCUT2D eigenvalue weighted by atomic mass is 9.97. The molecule has 19 heavy (non-hydrogen) atoms. The zero-order valence-electron chi connectivity index (χ0n) is 12.2. The molecule has 0 spiro atoms. The predicted molar refractivity (Wildman–Crippen MR) is 75.8 cm³/mol. The Morgan fingerprint density at radius 2 is 1.68 bits per heavy atom. The third-order valence-corrected chi connectivity index (χ3v) is 3.73. The lowest BCUT2D eigenvalue weighted by Crippen LogP contribution is -2.43. The fourth-order valence-electron chi connectivity index (χ4n) is 2.41. The number of nitrogens with one attached hydrogen (secondary N) is 2. The number of carbonyl (C=O) groups excluding carboxylic acids is 2. The van der Waals surface area contributed by atoms with Crippen LogP contribution in [-0.2, 0) is 9.59 Å². The lowest BCUT2D eigenvalue weighted by Gasteiger charge is -2.22. The summed E-state index contributed by atoms with van der Waals surface area (Å²) < 4.78 is 0. The minimum absolute atomic E-state index is 0.0225. The largest absolute Gasteiger partial charge is 0.358 e. The number of amides is 2. The van der Waals surface area contributed by atoms with Gasteiger partial charge in [0, 0.05) is 20.1 Å². The van der Waals surface area contributed by atoms with Crippen molar-refractivity contribution in [2.45, 2.75) is 51.0 Å². The van der Waals surface area contributed by atoms with Crippen LogP contribution >= 0.6 is 0 Å². The lowest BCUT2D eigenvalue weighted by molar-refractivity contribution is -0.133. The Balaban J connectivity index is 2.25. The molecule has 0 aromatic carbocycles. The van der Waals surface area contributed by atoms with Gasteiger partial charge in [-0.3, -0.25) is 9.59 Å². The smallest absolute Gasteiger partial charge is 0.239 e. The van der Waals surface area contributed by atoms with Crippen molar-refractivity contribution in [1.82, 2.24) is 15.5 Å². The molecular weight excluding hydrogens is 242 g/mol. The molecule has 1 aliphatic rings. The van der Waals surface area contributed by atoms with Gasteiger partial charge in [-0.05, 0) is 12.8 Å². The molecule has 0 radical (unpaired) electrons. The number of hydrogen-bond acceptors (Lipinski definition) is 3. The molecule has 0 aliphatic heterocycles. The van der Waals surface area contributed by atoms with Gasteiger partial charge < -0.3 is 15.5 Å². The second kappa shape index (κ2) is 8.91. The van der Waals surface area contributed by atoms with E-state index in [1.165, 1.54) is 37.0 Å². The van der Waals surface area contributed by atoms with Crippen LogP contribution in [0.5, 0.6) is 0 Å². The van der Waals surface area contributed by atoms with Crippen molar-refractivity contribution < 1.29 is 9.59 Å². The fraction of sp³-hybridized carbons (Fsp3) is 0.857. The zero-order chi connectivity index (χ0) is 14.1. The van der Waals surface area contributed by atoms with Crippen LogP contribution < -0.4 is 10.6 Å². The molecule has 110 valence electrons. The second-order valence-corrected chi connectivity index (χ2v) is 5.35. The summed E-state index contributed by atoms with van der Waals surface area (Å²) in [5, 5.41) is 5.86. The van der Waals surface area contributed by atoms with Gasteiger partial charge in [0.25, 0.3) is 0 Å².